The van der Waals surface area contributed by atoms with Crippen molar-refractivity contribution in [1.82, 2.24) is 0 Å². The molecule has 112 valence electrons. The van der Waals surface area contributed by atoms with Crippen LogP contribution in [-0.2, 0) is 0 Å². The number of hydrogen-bond acceptors (Lipinski definition) is 1. The van der Waals surface area contributed by atoms with Crippen LogP contribution >= 0.6 is 0 Å². The number of nitrogens with zero attached hydrogens (tertiary/aromatic N) is 1. The third kappa shape index (κ3) is 3.91. The lowest BCUT2D eigenvalue weighted by Gasteiger charge is -2.27. The molecule has 0 saturated heterocycles. The Morgan fingerprint density at radius 2 is 1.76 bits per heavy atom. The summed E-state index contributed by atoms with van der Waals surface area (Å²) in [5, 5.41) is 8.72. The second-order valence-electron chi connectivity index (χ2n) is 5.86. The predicted octanol–water partition coefficient (Wildman–Crippen LogP) is 5.77. The van der Waals surface area contributed by atoms with E-state index in [1.54, 1.807) is 0 Å². The van der Waals surface area contributed by atoms with Gasteiger partial charge in [0.2, 0.25) is 0 Å². The van der Waals surface area contributed by atoms with Gasteiger partial charge in [-0.05, 0) is 43.7 Å². The van der Waals surface area contributed by atoms with Crippen LogP contribution in [0.4, 0.5) is 8.78 Å². The maximum atomic E-state index is 14.3. The summed E-state index contributed by atoms with van der Waals surface area (Å²) in [5.74, 6) is -0.987. The van der Waals surface area contributed by atoms with Crippen LogP contribution < -0.4 is 0 Å². The summed E-state index contributed by atoms with van der Waals surface area (Å²) >= 11 is 0. The number of nitriles is 1. The van der Waals surface area contributed by atoms with E-state index >= 15 is 0 Å². The number of benzene rings is 1. The second kappa shape index (κ2) is 7.36. The zero-order valence-corrected chi connectivity index (χ0v) is 12.4. The van der Waals surface area contributed by atoms with E-state index in [1.165, 1.54) is 30.7 Å². The van der Waals surface area contributed by atoms with E-state index < -0.39 is 11.7 Å². The van der Waals surface area contributed by atoms with Crippen molar-refractivity contribution < 1.29 is 8.78 Å². The SMILES string of the molecule is CCCC1CCC(C(F)=C(F)c2ccc(C#N)cc2)CC1. The molecule has 21 heavy (non-hydrogen) atoms. The molecule has 0 aromatic heterocycles. The quantitative estimate of drug-likeness (QED) is 0.690. The van der Waals surface area contributed by atoms with Crippen molar-refractivity contribution in [3.63, 3.8) is 0 Å². The van der Waals surface area contributed by atoms with Gasteiger partial charge >= 0.3 is 0 Å². The zero-order chi connectivity index (χ0) is 15.2. The van der Waals surface area contributed by atoms with Gasteiger partial charge in [-0.2, -0.15) is 5.26 Å². The van der Waals surface area contributed by atoms with Crippen molar-refractivity contribution in [2.24, 2.45) is 11.8 Å². The summed E-state index contributed by atoms with van der Waals surface area (Å²) in [6.45, 7) is 2.16. The molecule has 2 rings (SSSR count). The fourth-order valence-electron chi connectivity index (χ4n) is 3.12. The van der Waals surface area contributed by atoms with Gasteiger partial charge in [-0.25, -0.2) is 8.78 Å². The molecule has 1 aliphatic carbocycles. The van der Waals surface area contributed by atoms with Gasteiger partial charge < -0.3 is 0 Å². The standard InChI is InChI=1S/C18H21F2N/c1-2-3-13-4-8-15(9-5-13)17(19)18(20)16-10-6-14(12-21)7-11-16/h6-7,10-11,13,15H,2-5,8-9H2,1H3. The van der Waals surface area contributed by atoms with Crippen molar-refractivity contribution in [1.29, 1.82) is 5.26 Å². The Labute approximate surface area is 125 Å². The fourth-order valence-corrected chi connectivity index (χ4v) is 3.12. The van der Waals surface area contributed by atoms with Crippen molar-refractivity contribution >= 4 is 5.83 Å². The van der Waals surface area contributed by atoms with Gasteiger partial charge in [0.25, 0.3) is 0 Å². The first-order valence-corrected chi connectivity index (χ1v) is 7.71. The summed E-state index contributed by atoms with van der Waals surface area (Å²) in [7, 11) is 0. The minimum absolute atomic E-state index is 0.224. The van der Waals surface area contributed by atoms with E-state index in [2.05, 4.69) is 6.92 Å². The molecule has 0 amide bonds. The molecule has 1 aromatic rings. The van der Waals surface area contributed by atoms with Crippen molar-refractivity contribution in [2.45, 2.75) is 45.4 Å². The molecule has 0 spiro atoms. The third-order valence-corrected chi connectivity index (χ3v) is 4.38. The minimum Gasteiger partial charge on any atom is -0.208 e. The molecule has 1 aromatic carbocycles. The molecule has 0 heterocycles. The Morgan fingerprint density at radius 1 is 1.14 bits per heavy atom. The highest BCUT2D eigenvalue weighted by atomic mass is 19.2. The molecule has 0 atom stereocenters. The van der Waals surface area contributed by atoms with Crippen LogP contribution in [0, 0.1) is 23.2 Å². The molecule has 0 unspecified atom stereocenters. The van der Waals surface area contributed by atoms with Crippen molar-refractivity contribution in [3.05, 3.63) is 41.2 Å². The normalized spacial score (nSPS) is 23.3. The summed E-state index contributed by atoms with van der Waals surface area (Å²) in [4.78, 5) is 0. The summed E-state index contributed by atoms with van der Waals surface area (Å²) in [6, 6.07) is 7.94. The Bertz CT molecular complexity index is 531. The predicted molar refractivity (Wildman–Crippen MR) is 80.6 cm³/mol. The van der Waals surface area contributed by atoms with Crippen LogP contribution in [-0.4, -0.2) is 0 Å². The molecule has 1 fully saturated rings. The van der Waals surface area contributed by atoms with Gasteiger partial charge in [-0.3, -0.25) is 0 Å². The maximum absolute atomic E-state index is 14.3. The van der Waals surface area contributed by atoms with Crippen LogP contribution in [0.5, 0.6) is 0 Å². The third-order valence-electron chi connectivity index (χ3n) is 4.38. The number of allylic oxidation sites excluding steroid dienone is 1. The first-order chi connectivity index (χ1) is 10.2. The smallest absolute Gasteiger partial charge is 0.162 e. The van der Waals surface area contributed by atoms with E-state index in [1.807, 2.05) is 6.07 Å². The van der Waals surface area contributed by atoms with E-state index in [9.17, 15) is 8.78 Å². The van der Waals surface area contributed by atoms with Gasteiger partial charge in [0, 0.05) is 11.5 Å². The fraction of sp³-hybridized carbons (Fsp3) is 0.500. The molecular weight excluding hydrogens is 268 g/mol. The lowest BCUT2D eigenvalue weighted by atomic mass is 9.79. The number of rotatable bonds is 4. The Kier molecular flexibility index (Phi) is 5.50. The molecule has 1 aliphatic rings. The monoisotopic (exact) mass is 289 g/mol. The Morgan fingerprint density at radius 3 is 2.29 bits per heavy atom. The van der Waals surface area contributed by atoms with E-state index in [0.29, 0.717) is 11.5 Å². The highest BCUT2D eigenvalue weighted by Gasteiger charge is 2.26. The van der Waals surface area contributed by atoms with Crippen molar-refractivity contribution in [3.8, 4) is 6.07 Å². The molecule has 0 radical (unpaired) electrons. The van der Waals surface area contributed by atoms with Gasteiger partial charge in [0.05, 0.1) is 11.6 Å². The summed E-state index contributed by atoms with van der Waals surface area (Å²) in [5.41, 5.74) is 0.675. The molecule has 0 bridgehead atoms. The maximum Gasteiger partial charge on any atom is 0.162 e. The first kappa shape index (κ1) is 15.7. The lowest BCUT2D eigenvalue weighted by molar-refractivity contribution is 0.261. The Balaban J connectivity index is 2.06. The molecule has 3 heteroatoms. The molecular formula is C18H21F2N. The van der Waals surface area contributed by atoms with E-state index in [-0.39, 0.29) is 11.5 Å². The largest absolute Gasteiger partial charge is 0.208 e. The summed E-state index contributed by atoms with van der Waals surface area (Å²) < 4.78 is 28.5. The number of halogens is 2. The highest BCUT2D eigenvalue weighted by Crippen LogP contribution is 2.38. The second-order valence-corrected chi connectivity index (χ2v) is 5.86. The van der Waals surface area contributed by atoms with E-state index in [0.717, 1.165) is 32.1 Å². The Hall–Kier alpha value is -1.69. The average Bonchev–Trinajstić information content (AvgIpc) is 2.54. The van der Waals surface area contributed by atoms with Crippen LogP contribution in [0.1, 0.15) is 56.6 Å². The van der Waals surface area contributed by atoms with E-state index in [4.69, 9.17) is 5.26 Å². The van der Waals surface area contributed by atoms with Crippen LogP contribution in [0.15, 0.2) is 30.1 Å². The molecule has 0 N–H and O–H groups in total. The highest BCUT2D eigenvalue weighted by molar-refractivity contribution is 5.62. The van der Waals surface area contributed by atoms with Gasteiger partial charge in [-0.15, -0.1) is 0 Å². The van der Waals surface area contributed by atoms with Crippen LogP contribution in [0.25, 0.3) is 5.83 Å². The lowest BCUT2D eigenvalue weighted by Crippen LogP contribution is -2.15. The summed E-state index contributed by atoms with van der Waals surface area (Å²) in [6.07, 6.45) is 5.81. The first-order valence-electron chi connectivity index (χ1n) is 7.71. The molecule has 1 saturated carbocycles. The zero-order valence-electron chi connectivity index (χ0n) is 12.4. The topological polar surface area (TPSA) is 23.8 Å². The van der Waals surface area contributed by atoms with Crippen molar-refractivity contribution in [2.75, 3.05) is 0 Å². The van der Waals surface area contributed by atoms with Gasteiger partial charge in [-0.1, -0.05) is 31.9 Å². The minimum atomic E-state index is -0.765. The van der Waals surface area contributed by atoms with Crippen LogP contribution in [0.2, 0.25) is 0 Å². The molecule has 0 aliphatic heterocycles. The van der Waals surface area contributed by atoms with Gasteiger partial charge in [0.15, 0.2) is 5.83 Å². The average molecular weight is 289 g/mol. The van der Waals surface area contributed by atoms with Gasteiger partial charge in [0.1, 0.15) is 5.83 Å². The number of hydrogen-bond donors (Lipinski definition) is 0. The molecule has 1 nitrogen and oxygen atoms in total. The van der Waals surface area contributed by atoms with Crippen LogP contribution in [0.3, 0.4) is 0 Å².